The summed E-state index contributed by atoms with van der Waals surface area (Å²) in [6, 6.07) is 0. The first-order valence-electron chi connectivity index (χ1n) is 5.66. The Morgan fingerprint density at radius 3 is 2.87 bits per heavy atom. The number of thioether (sulfide) groups is 1. The zero-order valence-corrected chi connectivity index (χ0v) is 11.2. The molecule has 0 aromatic carbocycles. The molecule has 0 amide bonds. The molecule has 4 heteroatoms. The van der Waals surface area contributed by atoms with Crippen molar-refractivity contribution in [2.45, 2.75) is 32.2 Å². The fraction of sp³-hybridized carbons (Fsp3) is 0.909. The first-order valence-corrected chi connectivity index (χ1v) is 6.64. The van der Waals surface area contributed by atoms with Gasteiger partial charge in [-0.1, -0.05) is 18.7 Å². The SMILES string of the molecule is CCC1(C)CCSC(=NCCN(C)C)N1. The highest BCUT2D eigenvalue weighted by atomic mass is 32.2. The molecule has 1 saturated heterocycles. The maximum atomic E-state index is 4.59. The molecule has 0 aliphatic carbocycles. The lowest BCUT2D eigenvalue weighted by Gasteiger charge is -2.35. The van der Waals surface area contributed by atoms with Gasteiger partial charge in [0.15, 0.2) is 5.17 Å². The molecule has 1 heterocycles. The van der Waals surface area contributed by atoms with Crippen LogP contribution in [0.2, 0.25) is 0 Å². The molecule has 88 valence electrons. The molecule has 1 aliphatic heterocycles. The van der Waals surface area contributed by atoms with Gasteiger partial charge in [-0.25, -0.2) is 0 Å². The minimum absolute atomic E-state index is 0.266. The first kappa shape index (κ1) is 12.8. The lowest BCUT2D eigenvalue weighted by Crippen LogP contribution is -2.48. The molecule has 15 heavy (non-hydrogen) atoms. The lowest BCUT2D eigenvalue weighted by atomic mass is 9.96. The molecule has 0 aromatic heterocycles. The molecule has 1 atom stereocenters. The fourth-order valence-electron chi connectivity index (χ4n) is 1.43. The fourth-order valence-corrected chi connectivity index (χ4v) is 2.68. The Morgan fingerprint density at radius 1 is 1.53 bits per heavy atom. The minimum Gasteiger partial charge on any atom is -0.360 e. The quantitative estimate of drug-likeness (QED) is 0.796. The summed E-state index contributed by atoms with van der Waals surface area (Å²) in [6.07, 6.45) is 2.40. The van der Waals surface area contributed by atoms with Gasteiger partial charge in [0.1, 0.15) is 0 Å². The third-order valence-corrected chi connectivity index (χ3v) is 3.80. The molecule has 1 rings (SSSR count). The number of likely N-dealkylation sites (N-methyl/N-ethyl adjacent to an activating group) is 1. The molecule has 0 saturated carbocycles. The summed E-state index contributed by atoms with van der Waals surface area (Å²) >= 11 is 1.85. The number of nitrogens with one attached hydrogen (secondary N) is 1. The van der Waals surface area contributed by atoms with Crippen molar-refractivity contribution in [1.82, 2.24) is 10.2 Å². The van der Waals surface area contributed by atoms with Crippen LogP contribution in [-0.4, -0.2) is 48.5 Å². The summed E-state index contributed by atoms with van der Waals surface area (Å²) in [5.41, 5.74) is 0.266. The van der Waals surface area contributed by atoms with E-state index in [9.17, 15) is 0 Å². The highest BCUT2D eigenvalue weighted by Crippen LogP contribution is 2.24. The van der Waals surface area contributed by atoms with Gasteiger partial charge in [0.25, 0.3) is 0 Å². The number of rotatable bonds is 4. The van der Waals surface area contributed by atoms with E-state index < -0.39 is 0 Å². The molecule has 1 unspecified atom stereocenters. The predicted molar refractivity (Wildman–Crippen MR) is 69.8 cm³/mol. The van der Waals surface area contributed by atoms with Gasteiger partial charge in [-0.3, -0.25) is 4.99 Å². The summed E-state index contributed by atoms with van der Waals surface area (Å²) in [6.45, 7) is 6.44. The molecular weight excluding hydrogens is 206 g/mol. The number of amidine groups is 1. The van der Waals surface area contributed by atoms with Crippen LogP contribution < -0.4 is 5.32 Å². The van der Waals surface area contributed by atoms with E-state index in [0.29, 0.717) is 0 Å². The third kappa shape index (κ3) is 4.43. The normalized spacial score (nSPS) is 29.5. The number of nitrogens with zero attached hydrogens (tertiary/aromatic N) is 2. The van der Waals surface area contributed by atoms with Crippen LogP contribution in [0, 0.1) is 0 Å². The van der Waals surface area contributed by atoms with Crippen LogP contribution in [0.25, 0.3) is 0 Å². The lowest BCUT2D eigenvalue weighted by molar-refractivity contribution is 0.388. The van der Waals surface area contributed by atoms with E-state index in [1.807, 2.05) is 11.8 Å². The van der Waals surface area contributed by atoms with Gasteiger partial charge in [-0.15, -0.1) is 0 Å². The summed E-state index contributed by atoms with van der Waals surface area (Å²) in [7, 11) is 4.16. The van der Waals surface area contributed by atoms with E-state index in [4.69, 9.17) is 0 Å². The van der Waals surface area contributed by atoms with Gasteiger partial charge in [0.05, 0.1) is 6.54 Å². The van der Waals surface area contributed by atoms with Gasteiger partial charge in [-0.05, 0) is 33.9 Å². The Morgan fingerprint density at radius 2 is 2.27 bits per heavy atom. The molecule has 0 radical (unpaired) electrons. The summed E-state index contributed by atoms with van der Waals surface area (Å²) in [4.78, 5) is 6.76. The smallest absolute Gasteiger partial charge is 0.157 e. The second-order valence-electron chi connectivity index (χ2n) is 4.63. The topological polar surface area (TPSA) is 27.6 Å². The Hall–Kier alpha value is -0.220. The number of hydrogen-bond acceptors (Lipinski definition) is 3. The maximum Gasteiger partial charge on any atom is 0.157 e. The van der Waals surface area contributed by atoms with E-state index in [1.165, 1.54) is 18.6 Å². The van der Waals surface area contributed by atoms with Crippen LogP contribution in [0.15, 0.2) is 4.99 Å². The van der Waals surface area contributed by atoms with Crippen LogP contribution in [0.3, 0.4) is 0 Å². The highest BCUT2D eigenvalue weighted by molar-refractivity contribution is 8.13. The monoisotopic (exact) mass is 229 g/mol. The average Bonchev–Trinajstić information content (AvgIpc) is 2.17. The Bertz CT molecular complexity index is 228. The van der Waals surface area contributed by atoms with E-state index in [1.54, 1.807) is 0 Å². The largest absolute Gasteiger partial charge is 0.360 e. The molecule has 0 spiro atoms. The average molecular weight is 229 g/mol. The van der Waals surface area contributed by atoms with Crippen molar-refractivity contribution in [2.24, 2.45) is 4.99 Å². The molecule has 0 bridgehead atoms. The van der Waals surface area contributed by atoms with Crippen LogP contribution >= 0.6 is 11.8 Å². The maximum absolute atomic E-state index is 4.59. The highest BCUT2D eigenvalue weighted by Gasteiger charge is 2.27. The Kier molecular flexibility index (Phi) is 4.93. The Labute approximate surface area is 97.7 Å². The van der Waals surface area contributed by atoms with Crippen molar-refractivity contribution in [3.8, 4) is 0 Å². The van der Waals surface area contributed by atoms with Crippen molar-refractivity contribution in [1.29, 1.82) is 0 Å². The van der Waals surface area contributed by atoms with Crippen molar-refractivity contribution in [3.63, 3.8) is 0 Å². The van der Waals surface area contributed by atoms with Gasteiger partial charge in [-0.2, -0.15) is 0 Å². The van der Waals surface area contributed by atoms with Crippen LogP contribution in [0.1, 0.15) is 26.7 Å². The summed E-state index contributed by atoms with van der Waals surface area (Å²) < 4.78 is 0. The van der Waals surface area contributed by atoms with Crippen molar-refractivity contribution < 1.29 is 0 Å². The second kappa shape index (κ2) is 5.75. The second-order valence-corrected chi connectivity index (χ2v) is 5.71. The molecule has 0 aromatic rings. The van der Waals surface area contributed by atoms with Crippen LogP contribution in [-0.2, 0) is 0 Å². The molecular formula is C11H23N3S. The van der Waals surface area contributed by atoms with E-state index >= 15 is 0 Å². The van der Waals surface area contributed by atoms with Crippen molar-refractivity contribution in [2.75, 3.05) is 32.9 Å². The van der Waals surface area contributed by atoms with E-state index in [0.717, 1.165) is 18.3 Å². The zero-order chi connectivity index (χ0) is 11.3. The van der Waals surface area contributed by atoms with Gasteiger partial charge in [0, 0.05) is 17.8 Å². The third-order valence-electron chi connectivity index (χ3n) is 2.88. The summed E-state index contributed by atoms with van der Waals surface area (Å²) in [5.74, 6) is 1.19. The van der Waals surface area contributed by atoms with Crippen LogP contribution in [0.5, 0.6) is 0 Å². The van der Waals surface area contributed by atoms with Crippen molar-refractivity contribution >= 4 is 16.9 Å². The summed E-state index contributed by atoms with van der Waals surface area (Å²) in [5, 5.41) is 4.68. The van der Waals surface area contributed by atoms with Crippen molar-refractivity contribution in [3.05, 3.63) is 0 Å². The predicted octanol–water partition coefficient (Wildman–Crippen LogP) is 1.80. The number of hydrogen-bond donors (Lipinski definition) is 1. The first-order chi connectivity index (χ1) is 7.06. The van der Waals surface area contributed by atoms with Gasteiger partial charge in [0.2, 0.25) is 0 Å². The van der Waals surface area contributed by atoms with Gasteiger partial charge >= 0.3 is 0 Å². The Balaban J connectivity index is 2.42. The molecule has 1 aliphatic rings. The van der Waals surface area contributed by atoms with E-state index in [-0.39, 0.29) is 5.54 Å². The standard InChI is InChI=1S/C11H23N3S/c1-5-11(2)6-9-15-10(13-11)12-7-8-14(3)4/h5-9H2,1-4H3,(H,12,13). The molecule has 1 fully saturated rings. The zero-order valence-electron chi connectivity index (χ0n) is 10.3. The van der Waals surface area contributed by atoms with Crippen LogP contribution in [0.4, 0.5) is 0 Å². The molecule has 1 N–H and O–H groups in total. The van der Waals surface area contributed by atoms with Gasteiger partial charge < -0.3 is 10.2 Å². The van der Waals surface area contributed by atoms with E-state index in [2.05, 4.69) is 43.2 Å². The molecule has 3 nitrogen and oxygen atoms in total. The number of aliphatic imine (C=N–C) groups is 1. The minimum atomic E-state index is 0.266.